The van der Waals surface area contributed by atoms with E-state index >= 15 is 0 Å². The first-order chi connectivity index (χ1) is 13.6. The Morgan fingerprint density at radius 2 is 1.68 bits per heavy atom. The summed E-state index contributed by atoms with van der Waals surface area (Å²) in [6, 6.07) is 16.5. The average molecular weight is 402 g/mol. The van der Waals surface area contributed by atoms with E-state index < -0.39 is 5.60 Å². The number of morpholine rings is 1. The van der Waals surface area contributed by atoms with Gasteiger partial charge in [-0.05, 0) is 41.7 Å². The first kappa shape index (κ1) is 21.3. The SMILES string of the molecule is CCC[C@](O)(c1ccc(CC)cc1)[C@@H](CN1CCOCC1)c1ccc(Cl)cc1. The van der Waals surface area contributed by atoms with E-state index in [-0.39, 0.29) is 5.92 Å². The summed E-state index contributed by atoms with van der Waals surface area (Å²) in [4.78, 5) is 2.41. The molecule has 1 N–H and O–H groups in total. The molecule has 2 atom stereocenters. The first-order valence-electron chi connectivity index (χ1n) is 10.4. The van der Waals surface area contributed by atoms with Gasteiger partial charge in [0.15, 0.2) is 0 Å². The summed E-state index contributed by atoms with van der Waals surface area (Å²) in [6.07, 6.45) is 2.64. The second-order valence-electron chi connectivity index (χ2n) is 7.74. The predicted octanol–water partition coefficient (Wildman–Crippen LogP) is 5.01. The average Bonchev–Trinajstić information content (AvgIpc) is 2.74. The van der Waals surface area contributed by atoms with Crippen LogP contribution in [0.25, 0.3) is 0 Å². The molecule has 1 aliphatic heterocycles. The minimum atomic E-state index is -0.923. The van der Waals surface area contributed by atoms with Crippen LogP contribution >= 0.6 is 11.6 Å². The Kier molecular flexibility index (Phi) is 7.53. The van der Waals surface area contributed by atoms with Crippen LogP contribution in [0.1, 0.15) is 49.3 Å². The normalized spacial score (nSPS) is 18.6. The number of nitrogens with zero attached hydrogens (tertiary/aromatic N) is 1. The molecule has 1 heterocycles. The lowest BCUT2D eigenvalue weighted by molar-refractivity contribution is -0.0285. The number of ether oxygens (including phenoxy) is 1. The van der Waals surface area contributed by atoms with Crippen molar-refractivity contribution in [3.63, 3.8) is 0 Å². The summed E-state index contributed by atoms with van der Waals surface area (Å²) in [5.41, 5.74) is 2.50. The molecular weight excluding hydrogens is 370 g/mol. The molecule has 3 nitrogen and oxygen atoms in total. The van der Waals surface area contributed by atoms with Gasteiger partial charge < -0.3 is 9.84 Å². The second kappa shape index (κ2) is 9.89. The fraction of sp³-hybridized carbons (Fsp3) is 0.500. The number of aliphatic hydroxyl groups is 1. The van der Waals surface area contributed by atoms with Crippen molar-refractivity contribution in [1.82, 2.24) is 4.90 Å². The van der Waals surface area contributed by atoms with Gasteiger partial charge >= 0.3 is 0 Å². The van der Waals surface area contributed by atoms with Crippen LogP contribution in [0.2, 0.25) is 5.02 Å². The van der Waals surface area contributed by atoms with E-state index in [0.29, 0.717) is 0 Å². The zero-order chi connectivity index (χ0) is 20.0. The van der Waals surface area contributed by atoms with E-state index in [9.17, 15) is 5.11 Å². The monoisotopic (exact) mass is 401 g/mol. The number of benzene rings is 2. The summed E-state index contributed by atoms with van der Waals surface area (Å²) in [7, 11) is 0. The highest BCUT2D eigenvalue weighted by atomic mass is 35.5. The maximum atomic E-state index is 12.1. The van der Waals surface area contributed by atoms with Gasteiger partial charge in [0.1, 0.15) is 0 Å². The third kappa shape index (κ3) is 4.96. The molecule has 28 heavy (non-hydrogen) atoms. The molecule has 1 fully saturated rings. The summed E-state index contributed by atoms with van der Waals surface area (Å²) in [5, 5.41) is 12.8. The summed E-state index contributed by atoms with van der Waals surface area (Å²) < 4.78 is 5.52. The highest BCUT2D eigenvalue weighted by Gasteiger charge is 2.39. The lowest BCUT2D eigenvalue weighted by atomic mass is 9.74. The van der Waals surface area contributed by atoms with Crippen molar-refractivity contribution < 1.29 is 9.84 Å². The molecule has 0 amide bonds. The van der Waals surface area contributed by atoms with Gasteiger partial charge in [0, 0.05) is 30.6 Å². The zero-order valence-corrected chi connectivity index (χ0v) is 17.8. The highest BCUT2D eigenvalue weighted by molar-refractivity contribution is 6.30. The van der Waals surface area contributed by atoms with Crippen LogP contribution in [-0.2, 0) is 16.8 Å². The van der Waals surface area contributed by atoms with E-state index in [0.717, 1.165) is 68.3 Å². The van der Waals surface area contributed by atoms with Gasteiger partial charge in [-0.3, -0.25) is 4.90 Å². The van der Waals surface area contributed by atoms with Crippen LogP contribution in [0.3, 0.4) is 0 Å². The molecule has 1 aliphatic rings. The smallest absolute Gasteiger partial charge is 0.0976 e. The van der Waals surface area contributed by atoms with E-state index in [4.69, 9.17) is 16.3 Å². The number of hydrogen-bond acceptors (Lipinski definition) is 3. The molecule has 1 saturated heterocycles. The molecule has 0 saturated carbocycles. The van der Waals surface area contributed by atoms with Gasteiger partial charge in [-0.25, -0.2) is 0 Å². The Morgan fingerprint density at radius 1 is 1.04 bits per heavy atom. The lowest BCUT2D eigenvalue weighted by Gasteiger charge is -2.41. The van der Waals surface area contributed by atoms with E-state index in [1.807, 2.05) is 12.1 Å². The first-order valence-corrected chi connectivity index (χ1v) is 10.8. The largest absolute Gasteiger partial charge is 0.384 e. The third-order valence-electron chi connectivity index (χ3n) is 5.89. The topological polar surface area (TPSA) is 32.7 Å². The van der Waals surface area contributed by atoms with Crippen molar-refractivity contribution in [2.45, 2.75) is 44.6 Å². The fourth-order valence-electron chi connectivity index (χ4n) is 4.20. The highest BCUT2D eigenvalue weighted by Crippen LogP contribution is 2.42. The van der Waals surface area contributed by atoms with Crippen molar-refractivity contribution in [3.05, 3.63) is 70.2 Å². The standard InChI is InChI=1S/C24H32ClNO2/c1-3-13-24(27,21-9-5-19(4-2)6-10-21)23(18-26-14-16-28-17-15-26)20-7-11-22(25)12-8-20/h5-12,23,27H,3-4,13-18H2,1-2H3/t23-,24-/m0/s1. The van der Waals surface area contributed by atoms with Crippen molar-refractivity contribution in [3.8, 4) is 0 Å². The summed E-state index contributed by atoms with van der Waals surface area (Å²) >= 11 is 6.14. The molecule has 4 heteroatoms. The Morgan fingerprint density at radius 3 is 2.25 bits per heavy atom. The number of aryl methyl sites for hydroxylation is 1. The van der Waals surface area contributed by atoms with Gasteiger partial charge in [0.2, 0.25) is 0 Å². The van der Waals surface area contributed by atoms with Gasteiger partial charge in [0.25, 0.3) is 0 Å². The summed E-state index contributed by atoms with van der Waals surface area (Å²) in [5.74, 6) is -0.0321. The fourth-order valence-corrected chi connectivity index (χ4v) is 4.33. The van der Waals surface area contributed by atoms with Crippen molar-refractivity contribution in [2.75, 3.05) is 32.8 Å². The van der Waals surface area contributed by atoms with Crippen molar-refractivity contribution >= 4 is 11.6 Å². The Bertz CT molecular complexity index is 725. The number of halogens is 1. The maximum Gasteiger partial charge on any atom is 0.0976 e. The molecule has 0 aliphatic carbocycles. The van der Waals surface area contributed by atoms with E-state index in [2.05, 4.69) is 55.1 Å². The molecule has 2 aromatic rings. The Hall–Kier alpha value is -1.39. The Labute approximate surface area is 174 Å². The third-order valence-corrected chi connectivity index (χ3v) is 6.14. The maximum absolute atomic E-state index is 12.1. The molecule has 0 unspecified atom stereocenters. The van der Waals surface area contributed by atoms with Crippen LogP contribution in [-0.4, -0.2) is 42.9 Å². The minimum absolute atomic E-state index is 0.0321. The van der Waals surface area contributed by atoms with Crippen molar-refractivity contribution in [1.29, 1.82) is 0 Å². The molecule has 152 valence electrons. The minimum Gasteiger partial charge on any atom is -0.384 e. The second-order valence-corrected chi connectivity index (χ2v) is 8.18. The molecule has 3 rings (SSSR count). The molecular formula is C24H32ClNO2. The lowest BCUT2D eigenvalue weighted by Crippen LogP contribution is -2.45. The van der Waals surface area contributed by atoms with Crippen LogP contribution in [0.5, 0.6) is 0 Å². The number of rotatable bonds is 8. The number of hydrogen-bond donors (Lipinski definition) is 1. The van der Waals surface area contributed by atoms with E-state index in [1.54, 1.807) is 0 Å². The summed E-state index contributed by atoms with van der Waals surface area (Å²) in [6.45, 7) is 8.41. The van der Waals surface area contributed by atoms with Crippen molar-refractivity contribution in [2.24, 2.45) is 0 Å². The van der Waals surface area contributed by atoms with E-state index in [1.165, 1.54) is 5.56 Å². The van der Waals surface area contributed by atoms with Crippen LogP contribution in [0.15, 0.2) is 48.5 Å². The van der Waals surface area contributed by atoms with Gasteiger partial charge in [-0.15, -0.1) is 0 Å². The van der Waals surface area contributed by atoms with Crippen LogP contribution in [0, 0.1) is 0 Å². The van der Waals surface area contributed by atoms with Gasteiger partial charge in [0.05, 0.1) is 18.8 Å². The van der Waals surface area contributed by atoms with Crippen LogP contribution < -0.4 is 0 Å². The molecule has 2 aromatic carbocycles. The van der Waals surface area contributed by atoms with Crippen LogP contribution in [0.4, 0.5) is 0 Å². The van der Waals surface area contributed by atoms with Gasteiger partial charge in [-0.1, -0.05) is 68.3 Å². The quantitative estimate of drug-likeness (QED) is 0.675. The molecule has 0 aromatic heterocycles. The molecule has 0 spiro atoms. The van der Waals surface area contributed by atoms with Gasteiger partial charge in [-0.2, -0.15) is 0 Å². The Balaban J connectivity index is 2.00. The molecule has 0 radical (unpaired) electrons. The molecule has 0 bridgehead atoms. The zero-order valence-electron chi connectivity index (χ0n) is 17.0. The predicted molar refractivity (Wildman–Crippen MR) is 116 cm³/mol.